The topological polar surface area (TPSA) is 101 Å². The normalized spacial score (nSPS) is 11.1. The maximum Gasteiger partial charge on any atom is 0.267 e. The Morgan fingerprint density at radius 2 is 1.76 bits per heavy atom. The van der Waals surface area contributed by atoms with E-state index in [1.807, 2.05) is 67.6 Å². The average Bonchev–Trinajstić information content (AvgIpc) is 2.92. The minimum atomic E-state index is -0.403. The number of aromatic nitrogens is 3. The van der Waals surface area contributed by atoms with Crippen LogP contribution >= 0.6 is 0 Å². The molecule has 0 aliphatic carbocycles. The van der Waals surface area contributed by atoms with Gasteiger partial charge in [-0.3, -0.25) is 19.4 Å². The minimum Gasteiger partial charge on any atom is -0.497 e. The molecule has 0 fully saturated rings. The van der Waals surface area contributed by atoms with E-state index in [2.05, 4.69) is 5.32 Å². The third-order valence-corrected chi connectivity index (χ3v) is 6.42. The Morgan fingerprint density at radius 3 is 2.49 bits per heavy atom. The smallest absolute Gasteiger partial charge is 0.267 e. The third-order valence-electron chi connectivity index (χ3n) is 6.42. The summed E-state index contributed by atoms with van der Waals surface area (Å²) in [5.74, 6) is 0.314. The van der Waals surface area contributed by atoms with Crippen molar-refractivity contribution in [3.8, 4) is 5.75 Å². The van der Waals surface area contributed by atoms with Gasteiger partial charge in [-0.05, 0) is 54.3 Å². The van der Waals surface area contributed by atoms with Crippen molar-refractivity contribution in [3.63, 3.8) is 0 Å². The predicted octanol–water partition coefficient (Wildman–Crippen LogP) is 3.47. The molecule has 0 atom stereocenters. The van der Waals surface area contributed by atoms with E-state index in [1.165, 1.54) is 10.5 Å². The Balaban J connectivity index is 1.61. The van der Waals surface area contributed by atoms with Crippen LogP contribution < -0.4 is 21.1 Å². The highest BCUT2D eigenvalue weighted by Gasteiger charge is 2.18. The first-order valence-electron chi connectivity index (χ1n) is 12.0. The van der Waals surface area contributed by atoms with Gasteiger partial charge in [0.15, 0.2) is 0 Å². The van der Waals surface area contributed by atoms with E-state index in [0.717, 1.165) is 16.7 Å². The minimum absolute atomic E-state index is 0.00892. The van der Waals surface area contributed by atoms with Gasteiger partial charge in [-0.15, -0.1) is 0 Å². The van der Waals surface area contributed by atoms with Crippen molar-refractivity contribution >= 4 is 22.6 Å². The van der Waals surface area contributed by atoms with Crippen LogP contribution in [0.15, 0.2) is 83.8 Å². The molecule has 1 amide bonds. The molecule has 8 nitrogen and oxygen atoms in total. The van der Waals surface area contributed by atoms with Gasteiger partial charge in [0, 0.05) is 12.7 Å². The molecule has 0 radical (unpaired) electrons. The Morgan fingerprint density at radius 1 is 1.00 bits per heavy atom. The maximum atomic E-state index is 13.5. The van der Waals surface area contributed by atoms with Crippen LogP contribution in [0.5, 0.6) is 5.75 Å². The van der Waals surface area contributed by atoms with Gasteiger partial charge in [0.25, 0.3) is 11.5 Å². The largest absolute Gasteiger partial charge is 0.497 e. The van der Waals surface area contributed by atoms with Crippen LogP contribution in [-0.2, 0) is 13.0 Å². The Bertz CT molecular complexity index is 1720. The highest BCUT2D eigenvalue weighted by Crippen LogP contribution is 2.16. The molecular formula is C29H27N5O3. The van der Waals surface area contributed by atoms with Gasteiger partial charge in [0.1, 0.15) is 22.5 Å². The number of carbonyl (C=O) groups excluding carboxylic acids is 1. The number of nitrogens with zero attached hydrogens (tertiary/aromatic N) is 3. The van der Waals surface area contributed by atoms with Gasteiger partial charge in [-0.1, -0.05) is 48.5 Å². The van der Waals surface area contributed by atoms with E-state index in [9.17, 15) is 9.59 Å². The summed E-state index contributed by atoms with van der Waals surface area (Å²) in [5, 5.41) is 12.1. The first-order valence-corrected chi connectivity index (χ1v) is 12.0. The number of hydrogen-bond acceptors (Lipinski definition) is 5. The zero-order chi connectivity index (χ0) is 25.9. The van der Waals surface area contributed by atoms with Gasteiger partial charge >= 0.3 is 0 Å². The molecule has 37 heavy (non-hydrogen) atoms. The van der Waals surface area contributed by atoms with Crippen molar-refractivity contribution in [1.29, 1.82) is 5.41 Å². The molecular weight excluding hydrogens is 466 g/mol. The third kappa shape index (κ3) is 4.73. The van der Waals surface area contributed by atoms with Crippen molar-refractivity contribution in [2.45, 2.75) is 19.9 Å². The second-order valence-corrected chi connectivity index (χ2v) is 8.87. The lowest BCUT2D eigenvalue weighted by Crippen LogP contribution is -2.36. The summed E-state index contributed by atoms with van der Waals surface area (Å²) in [7, 11) is 1.60. The van der Waals surface area contributed by atoms with Crippen LogP contribution in [-0.4, -0.2) is 33.5 Å². The zero-order valence-electron chi connectivity index (χ0n) is 20.7. The SMILES string of the molecule is COc1ccc(Cn2c(=N)c(C(=O)NCCc3ccccc3)cc3c(=O)n4cccc(C)c4nc32)cc1. The Labute approximate surface area is 213 Å². The van der Waals surface area contributed by atoms with Gasteiger partial charge < -0.3 is 14.6 Å². The molecule has 0 aliphatic rings. The van der Waals surface area contributed by atoms with Crippen LogP contribution in [0.25, 0.3) is 16.7 Å². The number of ether oxygens (including phenoxy) is 1. The lowest BCUT2D eigenvalue weighted by molar-refractivity contribution is 0.0951. The highest BCUT2D eigenvalue weighted by atomic mass is 16.5. The number of nitrogens with one attached hydrogen (secondary N) is 2. The molecule has 0 aliphatic heterocycles. The molecule has 3 heterocycles. The average molecular weight is 494 g/mol. The Kier molecular flexibility index (Phi) is 6.55. The molecule has 186 valence electrons. The van der Waals surface area contributed by atoms with Gasteiger partial charge in [-0.2, -0.15) is 0 Å². The fraction of sp³-hybridized carbons (Fsp3) is 0.172. The monoisotopic (exact) mass is 493 g/mol. The fourth-order valence-electron chi connectivity index (χ4n) is 4.40. The van der Waals surface area contributed by atoms with Crippen molar-refractivity contribution in [2.75, 3.05) is 13.7 Å². The standard InChI is InChI=1S/C29H27N5O3/c1-19-7-6-16-33-26(19)32-27-24(29(33)36)17-23(28(35)31-15-14-20-8-4-3-5-9-20)25(30)34(27)18-21-10-12-22(37-2)13-11-21/h3-13,16-17,30H,14-15,18H2,1-2H3,(H,31,35). The number of benzene rings is 2. The predicted molar refractivity (Wildman–Crippen MR) is 142 cm³/mol. The van der Waals surface area contributed by atoms with Crippen LogP contribution in [0.1, 0.15) is 27.0 Å². The van der Waals surface area contributed by atoms with E-state index < -0.39 is 5.91 Å². The number of pyridine rings is 2. The van der Waals surface area contributed by atoms with Crippen LogP contribution in [0.2, 0.25) is 0 Å². The number of fused-ring (bicyclic) bond motifs is 2. The second-order valence-electron chi connectivity index (χ2n) is 8.87. The molecule has 0 bridgehead atoms. The number of methoxy groups -OCH3 is 1. The Hall–Kier alpha value is -4.72. The van der Waals surface area contributed by atoms with Gasteiger partial charge in [0.05, 0.1) is 24.6 Å². The van der Waals surface area contributed by atoms with Crippen molar-refractivity contribution in [1.82, 2.24) is 19.3 Å². The summed E-state index contributed by atoms with van der Waals surface area (Å²) in [6.45, 7) is 2.56. The van der Waals surface area contributed by atoms with Gasteiger partial charge in [0.2, 0.25) is 0 Å². The summed E-state index contributed by atoms with van der Waals surface area (Å²) in [6.07, 6.45) is 2.33. The van der Waals surface area contributed by atoms with Crippen molar-refractivity contribution in [2.24, 2.45) is 0 Å². The molecule has 2 N–H and O–H groups in total. The number of hydrogen-bond donors (Lipinski definition) is 2. The maximum absolute atomic E-state index is 13.5. The molecule has 3 aromatic heterocycles. The van der Waals surface area contributed by atoms with Crippen LogP contribution in [0, 0.1) is 12.3 Å². The lowest BCUT2D eigenvalue weighted by atomic mass is 10.1. The highest BCUT2D eigenvalue weighted by molar-refractivity contribution is 5.96. The van der Waals surface area contributed by atoms with Crippen LogP contribution in [0.3, 0.4) is 0 Å². The summed E-state index contributed by atoms with van der Waals surface area (Å²) < 4.78 is 8.36. The summed E-state index contributed by atoms with van der Waals surface area (Å²) >= 11 is 0. The number of aryl methyl sites for hydroxylation is 1. The molecule has 0 unspecified atom stereocenters. The van der Waals surface area contributed by atoms with Crippen molar-refractivity contribution < 1.29 is 9.53 Å². The fourth-order valence-corrected chi connectivity index (χ4v) is 4.40. The van der Waals surface area contributed by atoms with Crippen LogP contribution in [0.4, 0.5) is 0 Å². The number of rotatable bonds is 7. The number of carbonyl (C=O) groups is 1. The van der Waals surface area contributed by atoms with E-state index >= 15 is 0 Å². The molecule has 5 aromatic rings. The van der Waals surface area contributed by atoms with Crippen molar-refractivity contribution in [3.05, 3.63) is 117 Å². The number of amides is 1. The van der Waals surface area contributed by atoms with E-state index in [4.69, 9.17) is 15.1 Å². The molecule has 0 saturated heterocycles. The molecule has 0 saturated carbocycles. The molecule has 5 rings (SSSR count). The van der Waals surface area contributed by atoms with E-state index in [-0.39, 0.29) is 28.5 Å². The second kappa shape index (κ2) is 10.1. The van der Waals surface area contributed by atoms with Gasteiger partial charge in [-0.25, -0.2) is 4.98 Å². The first kappa shape index (κ1) is 24.0. The summed E-state index contributed by atoms with van der Waals surface area (Å²) in [4.78, 5) is 31.5. The molecule has 8 heteroatoms. The lowest BCUT2D eigenvalue weighted by Gasteiger charge is -2.15. The van der Waals surface area contributed by atoms with E-state index in [1.54, 1.807) is 23.9 Å². The quantitative estimate of drug-likeness (QED) is 0.339. The van der Waals surface area contributed by atoms with E-state index in [0.29, 0.717) is 30.0 Å². The summed E-state index contributed by atoms with van der Waals surface area (Å²) in [6, 6.07) is 22.5. The molecule has 0 spiro atoms. The zero-order valence-corrected chi connectivity index (χ0v) is 20.7. The molecule has 2 aromatic carbocycles. The first-order chi connectivity index (χ1) is 18.0. The summed E-state index contributed by atoms with van der Waals surface area (Å²) in [5.41, 5.74) is 3.53.